The summed E-state index contributed by atoms with van der Waals surface area (Å²) in [6.45, 7) is 5.82. The van der Waals surface area contributed by atoms with Gasteiger partial charge in [-0.15, -0.1) is 0 Å². The Hall–Kier alpha value is -1.68. The van der Waals surface area contributed by atoms with E-state index >= 15 is 0 Å². The van der Waals surface area contributed by atoms with E-state index in [1.54, 1.807) is 0 Å². The van der Waals surface area contributed by atoms with Crippen LogP contribution in [0.5, 0.6) is 0 Å². The van der Waals surface area contributed by atoms with Gasteiger partial charge in [0.2, 0.25) is 5.91 Å². The average Bonchev–Trinajstić information content (AvgIpc) is 2.62. The second-order valence-corrected chi connectivity index (χ2v) is 6.30. The Kier molecular flexibility index (Phi) is 4.88. The summed E-state index contributed by atoms with van der Waals surface area (Å²) < 4.78 is 0. The van der Waals surface area contributed by atoms with Crippen LogP contribution in [0, 0.1) is 5.92 Å². The smallest absolute Gasteiger partial charge is 0.226 e. The van der Waals surface area contributed by atoms with E-state index in [1.807, 2.05) is 18.5 Å². The van der Waals surface area contributed by atoms with Crippen molar-refractivity contribution in [1.82, 2.24) is 14.8 Å². The molecular weight excluding hydrogens is 274 g/mol. The van der Waals surface area contributed by atoms with Gasteiger partial charge in [0.1, 0.15) is 0 Å². The third-order valence-corrected chi connectivity index (χ3v) is 4.96. The lowest BCUT2D eigenvalue weighted by Gasteiger charge is -2.39. The van der Waals surface area contributed by atoms with Crippen LogP contribution in [-0.4, -0.2) is 46.9 Å². The van der Waals surface area contributed by atoms with Gasteiger partial charge in [0.05, 0.1) is 0 Å². The second-order valence-electron chi connectivity index (χ2n) is 6.30. The first-order valence-electron chi connectivity index (χ1n) is 8.33. The number of rotatable bonds is 3. The number of hydrogen-bond acceptors (Lipinski definition) is 3. The van der Waals surface area contributed by atoms with E-state index in [2.05, 4.69) is 39.9 Å². The van der Waals surface area contributed by atoms with E-state index in [0.29, 0.717) is 11.9 Å². The van der Waals surface area contributed by atoms with Crippen LogP contribution < -0.4 is 0 Å². The molecule has 0 unspecified atom stereocenters. The molecular formula is C18H25N3O. The van der Waals surface area contributed by atoms with Crippen molar-refractivity contribution < 1.29 is 4.79 Å². The molecule has 3 rings (SSSR count). The molecule has 2 aliphatic rings. The number of pyridine rings is 1. The minimum absolute atomic E-state index is 0.215. The van der Waals surface area contributed by atoms with Gasteiger partial charge in [0.25, 0.3) is 0 Å². The largest absolute Gasteiger partial charge is 0.340 e. The Morgan fingerprint density at radius 1 is 1.27 bits per heavy atom. The van der Waals surface area contributed by atoms with Gasteiger partial charge in [-0.1, -0.05) is 18.2 Å². The summed E-state index contributed by atoms with van der Waals surface area (Å²) in [5.74, 6) is 0.574. The van der Waals surface area contributed by atoms with Crippen LogP contribution in [0.4, 0.5) is 0 Å². The monoisotopic (exact) mass is 299 g/mol. The molecule has 2 heterocycles. The Morgan fingerprint density at radius 3 is 2.73 bits per heavy atom. The van der Waals surface area contributed by atoms with Gasteiger partial charge < -0.3 is 4.90 Å². The van der Waals surface area contributed by atoms with Crippen molar-refractivity contribution in [3.63, 3.8) is 0 Å². The molecule has 1 saturated heterocycles. The number of piperazine rings is 1. The number of amides is 1. The standard InChI is InChI=1S/C18H25N3O/c1-15(17-8-5-9-19-14-17)20-10-12-21(13-11-20)18(22)16-6-3-2-4-7-16/h2-3,5,8-9,14-16H,4,6-7,10-13H2,1H3/t15-,16-/m1/s1. The first-order chi connectivity index (χ1) is 10.8. The van der Waals surface area contributed by atoms with Crippen molar-refractivity contribution in [3.05, 3.63) is 42.2 Å². The molecule has 4 nitrogen and oxygen atoms in total. The lowest BCUT2D eigenvalue weighted by molar-refractivity contribution is -0.137. The number of aromatic nitrogens is 1. The van der Waals surface area contributed by atoms with Gasteiger partial charge in [-0.2, -0.15) is 0 Å². The van der Waals surface area contributed by atoms with Gasteiger partial charge in [-0.25, -0.2) is 0 Å². The maximum Gasteiger partial charge on any atom is 0.226 e. The molecule has 0 spiro atoms. The molecule has 1 amide bonds. The predicted octanol–water partition coefficient (Wildman–Crippen LogP) is 2.64. The molecule has 1 aromatic heterocycles. The molecule has 4 heteroatoms. The fraction of sp³-hybridized carbons (Fsp3) is 0.556. The van der Waals surface area contributed by atoms with Crippen molar-refractivity contribution >= 4 is 5.91 Å². The summed E-state index contributed by atoms with van der Waals surface area (Å²) in [7, 11) is 0. The van der Waals surface area contributed by atoms with Gasteiger partial charge in [-0.05, 0) is 37.8 Å². The molecule has 2 atom stereocenters. The molecule has 1 aromatic rings. The van der Waals surface area contributed by atoms with Crippen LogP contribution in [-0.2, 0) is 4.79 Å². The SMILES string of the molecule is C[C@H](c1cccnc1)N1CCN(C(=O)[C@@H]2CC=CCC2)CC1. The summed E-state index contributed by atoms with van der Waals surface area (Å²) in [5.41, 5.74) is 1.25. The Labute approximate surface area is 132 Å². The third-order valence-electron chi connectivity index (χ3n) is 4.96. The normalized spacial score (nSPS) is 24.2. The molecule has 0 radical (unpaired) electrons. The number of nitrogens with zero attached hydrogens (tertiary/aromatic N) is 3. The first-order valence-corrected chi connectivity index (χ1v) is 8.33. The molecule has 1 aliphatic carbocycles. The first kappa shape index (κ1) is 15.2. The highest BCUT2D eigenvalue weighted by Crippen LogP contribution is 2.24. The van der Waals surface area contributed by atoms with E-state index in [-0.39, 0.29) is 5.92 Å². The molecule has 22 heavy (non-hydrogen) atoms. The van der Waals surface area contributed by atoms with Crippen LogP contribution in [0.2, 0.25) is 0 Å². The highest BCUT2D eigenvalue weighted by molar-refractivity contribution is 5.79. The Bertz CT molecular complexity index is 520. The quantitative estimate of drug-likeness (QED) is 0.805. The van der Waals surface area contributed by atoms with Gasteiger partial charge in [0.15, 0.2) is 0 Å². The molecule has 0 N–H and O–H groups in total. The predicted molar refractivity (Wildman–Crippen MR) is 87.3 cm³/mol. The van der Waals surface area contributed by atoms with E-state index in [4.69, 9.17) is 0 Å². The van der Waals surface area contributed by atoms with Crippen LogP contribution in [0.25, 0.3) is 0 Å². The van der Waals surface area contributed by atoms with Gasteiger partial charge in [-0.3, -0.25) is 14.7 Å². The lowest BCUT2D eigenvalue weighted by atomic mass is 9.93. The van der Waals surface area contributed by atoms with Crippen LogP contribution in [0.3, 0.4) is 0 Å². The Balaban J connectivity index is 1.54. The number of carbonyl (C=O) groups excluding carboxylic acids is 1. The highest BCUT2D eigenvalue weighted by Gasteiger charge is 2.28. The summed E-state index contributed by atoms with van der Waals surface area (Å²) in [6.07, 6.45) is 11.1. The summed E-state index contributed by atoms with van der Waals surface area (Å²) in [5, 5.41) is 0. The van der Waals surface area contributed by atoms with E-state index in [9.17, 15) is 4.79 Å². The number of hydrogen-bond donors (Lipinski definition) is 0. The van der Waals surface area contributed by atoms with E-state index < -0.39 is 0 Å². The van der Waals surface area contributed by atoms with Crippen LogP contribution in [0.15, 0.2) is 36.7 Å². The van der Waals surface area contributed by atoms with Crippen molar-refractivity contribution in [2.24, 2.45) is 5.92 Å². The fourth-order valence-electron chi connectivity index (χ4n) is 3.44. The Morgan fingerprint density at radius 2 is 2.09 bits per heavy atom. The number of carbonyl (C=O) groups is 1. The van der Waals surface area contributed by atoms with Gasteiger partial charge in [0, 0.05) is 50.5 Å². The van der Waals surface area contributed by atoms with Crippen LogP contribution >= 0.6 is 0 Å². The highest BCUT2D eigenvalue weighted by atomic mass is 16.2. The van der Waals surface area contributed by atoms with E-state index in [0.717, 1.165) is 45.4 Å². The van der Waals surface area contributed by atoms with Crippen molar-refractivity contribution in [3.8, 4) is 0 Å². The van der Waals surface area contributed by atoms with Crippen molar-refractivity contribution in [2.45, 2.75) is 32.2 Å². The number of allylic oxidation sites excluding steroid dienone is 2. The third kappa shape index (κ3) is 3.38. The zero-order valence-electron chi connectivity index (χ0n) is 13.3. The molecule has 0 aromatic carbocycles. The van der Waals surface area contributed by atoms with E-state index in [1.165, 1.54) is 5.56 Å². The molecule has 0 saturated carbocycles. The van der Waals surface area contributed by atoms with Crippen molar-refractivity contribution in [1.29, 1.82) is 0 Å². The zero-order valence-corrected chi connectivity index (χ0v) is 13.3. The van der Waals surface area contributed by atoms with Crippen LogP contribution in [0.1, 0.15) is 37.8 Å². The maximum absolute atomic E-state index is 12.6. The topological polar surface area (TPSA) is 36.4 Å². The lowest BCUT2D eigenvalue weighted by Crippen LogP contribution is -2.50. The molecule has 118 valence electrons. The minimum Gasteiger partial charge on any atom is -0.340 e. The molecule has 1 fully saturated rings. The van der Waals surface area contributed by atoms with Crippen molar-refractivity contribution in [2.75, 3.05) is 26.2 Å². The zero-order chi connectivity index (χ0) is 15.4. The van der Waals surface area contributed by atoms with Gasteiger partial charge >= 0.3 is 0 Å². The minimum atomic E-state index is 0.215. The maximum atomic E-state index is 12.6. The molecule has 0 bridgehead atoms. The average molecular weight is 299 g/mol. The molecule has 1 aliphatic heterocycles. The fourth-order valence-corrected chi connectivity index (χ4v) is 3.44. The second kappa shape index (κ2) is 7.05. The summed E-state index contributed by atoms with van der Waals surface area (Å²) in [4.78, 5) is 21.3. The summed E-state index contributed by atoms with van der Waals surface area (Å²) >= 11 is 0. The summed E-state index contributed by atoms with van der Waals surface area (Å²) in [6, 6.07) is 4.48.